The SMILES string of the molecule is CCN(CC(=O)O)C1CC(NC(=O)c2ccc(OC)c(OC)c2)C1. The Morgan fingerprint density at radius 2 is 1.92 bits per heavy atom. The number of aliphatic carboxylic acids is 1. The molecule has 0 atom stereocenters. The zero-order chi connectivity index (χ0) is 17.7. The molecule has 0 bridgehead atoms. The zero-order valence-electron chi connectivity index (χ0n) is 14.2. The molecule has 1 amide bonds. The predicted molar refractivity (Wildman–Crippen MR) is 88.7 cm³/mol. The maximum atomic E-state index is 12.3. The van der Waals surface area contributed by atoms with Crippen molar-refractivity contribution in [1.82, 2.24) is 10.2 Å². The molecule has 7 nitrogen and oxygen atoms in total. The molecule has 0 radical (unpaired) electrons. The fourth-order valence-electron chi connectivity index (χ4n) is 2.92. The van der Waals surface area contributed by atoms with E-state index in [9.17, 15) is 9.59 Å². The molecule has 2 N–H and O–H groups in total. The fraction of sp³-hybridized carbons (Fsp3) is 0.529. The molecule has 1 fully saturated rings. The highest BCUT2D eigenvalue weighted by Gasteiger charge is 2.34. The number of carbonyl (C=O) groups is 2. The van der Waals surface area contributed by atoms with Gasteiger partial charge in [0.05, 0.1) is 20.8 Å². The van der Waals surface area contributed by atoms with Crippen LogP contribution in [0.4, 0.5) is 0 Å². The maximum Gasteiger partial charge on any atom is 0.317 e. The van der Waals surface area contributed by atoms with Gasteiger partial charge in [0, 0.05) is 17.6 Å². The number of rotatable bonds is 8. The van der Waals surface area contributed by atoms with Gasteiger partial charge in [-0.1, -0.05) is 6.92 Å². The standard InChI is InChI=1S/C17H24N2O5/c1-4-19(10-16(20)21)13-8-12(9-13)18-17(22)11-5-6-14(23-2)15(7-11)24-3/h5-7,12-13H,4,8-10H2,1-3H3,(H,18,22)(H,20,21). The van der Waals surface area contributed by atoms with E-state index in [1.54, 1.807) is 25.3 Å². The summed E-state index contributed by atoms with van der Waals surface area (Å²) in [6.07, 6.45) is 1.53. The first-order valence-electron chi connectivity index (χ1n) is 7.97. The number of carbonyl (C=O) groups excluding carboxylic acids is 1. The van der Waals surface area contributed by atoms with Crippen molar-refractivity contribution in [3.05, 3.63) is 23.8 Å². The minimum absolute atomic E-state index is 0.0392. The first-order chi connectivity index (χ1) is 11.5. The van der Waals surface area contributed by atoms with Gasteiger partial charge in [0.1, 0.15) is 0 Å². The molecule has 1 aromatic carbocycles. The summed E-state index contributed by atoms with van der Waals surface area (Å²) in [5.41, 5.74) is 0.508. The molecule has 7 heteroatoms. The molecule has 0 saturated heterocycles. The van der Waals surface area contributed by atoms with Crippen LogP contribution in [0.3, 0.4) is 0 Å². The summed E-state index contributed by atoms with van der Waals surface area (Å²) in [6.45, 7) is 2.67. The van der Waals surface area contributed by atoms with Gasteiger partial charge in [-0.3, -0.25) is 14.5 Å². The Morgan fingerprint density at radius 1 is 1.25 bits per heavy atom. The van der Waals surface area contributed by atoms with Crippen molar-refractivity contribution >= 4 is 11.9 Å². The van der Waals surface area contributed by atoms with Gasteiger partial charge in [0.2, 0.25) is 0 Å². The highest BCUT2D eigenvalue weighted by atomic mass is 16.5. The van der Waals surface area contributed by atoms with Crippen LogP contribution in [-0.2, 0) is 4.79 Å². The number of hydrogen-bond donors (Lipinski definition) is 2. The number of methoxy groups -OCH3 is 2. The quantitative estimate of drug-likeness (QED) is 0.745. The number of nitrogens with zero attached hydrogens (tertiary/aromatic N) is 1. The normalized spacial score (nSPS) is 19.5. The van der Waals surface area contributed by atoms with Gasteiger partial charge in [-0.05, 0) is 37.6 Å². The van der Waals surface area contributed by atoms with Crippen LogP contribution >= 0.6 is 0 Å². The summed E-state index contributed by atoms with van der Waals surface area (Å²) in [4.78, 5) is 25.1. The fourth-order valence-corrected chi connectivity index (χ4v) is 2.92. The lowest BCUT2D eigenvalue weighted by Crippen LogP contribution is -2.54. The van der Waals surface area contributed by atoms with Crippen LogP contribution in [0.5, 0.6) is 11.5 Å². The van der Waals surface area contributed by atoms with E-state index in [-0.39, 0.29) is 24.5 Å². The molecule has 0 unspecified atom stereocenters. The van der Waals surface area contributed by atoms with Gasteiger partial charge in [0.15, 0.2) is 11.5 Å². The third kappa shape index (κ3) is 4.17. The first kappa shape index (κ1) is 18.1. The first-order valence-corrected chi connectivity index (χ1v) is 7.97. The third-order valence-electron chi connectivity index (χ3n) is 4.36. The van der Waals surface area contributed by atoms with Gasteiger partial charge >= 0.3 is 5.97 Å². The molecule has 1 saturated carbocycles. The number of carboxylic acids is 1. The smallest absolute Gasteiger partial charge is 0.317 e. The van der Waals surface area contributed by atoms with E-state index < -0.39 is 5.97 Å². The molecule has 24 heavy (non-hydrogen) atoms. The molecule has 1 aromatic rings. The number of likely N-dealkylation sites (N-methyl/N-ethyl adjacent to an activating group) is 1. The lowest BCUT2D eigenvalue weighted by molar-refractivity contribution is -0.139. The van der Waals surface area contributed by atoms with Crippen molar-refractivity contribution in [2.24, 2.45) is 0 Å². The van der Waals surface area contributed by atoms with E-state index in [1.165, 1.54) is 7.11 Å². The van der Waals surface area contributed by atoms with E-state index in [0.717, 1.165) is 12.8 Å². The molecule has 0 heterocycles. The molecule has 0 spiro atoms. The summed E-state index contributed by atoms with van der Waals surface area (Å²) in [5.74, 6) is 0.0932. The average Bonchev–Trinajstić information content (AvgIpc) is 2.54. The van der Waals surface area contributed by atoms with Crippen LogP contribution < -0.4 is 14.8 Å². The second kappa shape index (κ2) is 8.01. The number of carboxylic acid groups (broad SMARTS) is 1. The molecule has 132 valence electrons. The Morgan fingerprint density at radius 3 is 2.46 bits per heavy atom. The van der Waals surface area contributed by atoms with Gasteiger partial charge in [-0.2, -0.15) is 0 Å². The molecular weight excluding hydrogens is 312 g/mol. The molecule has 2 rings (SSSR count). The molecule has 0 aromatic heterocycles. The monoisotopic (exact) mass is 336 g/mol. The highest BCUT2D eigenvalue weighted by molar-refractivity contribution is 5.95. The van der Waals surface area contributed by atoms with Crippen molar-refractivity contribution in [3.8, 4) is 11.5 Å². The largest absolute Gasteiger partial charge is 0.493 e. The summed E-state index contributed by atoms with van der Waals surface area (Å²) in [6, 6.07) is 5.31. The number of ether oxygens (including phenoxy) is 2. The van der Waals surface area contributed by atoms with Crippen LogP contribution in [-0.4, -0.2) is 61.3 Å². The van der Waals surface area contributed by atoms with Crippen molar-refractivity contribution in [3.63, 3.8) is 0 Å². The molecular formula is C17H24N2O5. The zero-order valence-corrected chi connectivity index (χ0v) is 14.2. The van der Waals surface area contributed by atoms with Gasteiger partial charge < -0.3 is 19.9 Å². The van der Waals surface area contributed by atoms with Gasteiger partial charge in [0.25, 0.3) is 5.91 Å². The second-order valence-corrected chi connectivity index (χ2v) is 5.82. The van der Waals surface area contributed by atoms with Crippen LogP contribution in [0.25, 0.3) is 0 Å². The number of benzene rings is 1. The van der Waals surface area contributed by atoms with Crippen LogP contribution in [0.1, 0.15) is 30.1 Å². The Balaban J connectivity index is 1.89. The predicted octanol–water partition coefficient (Wildman–Crippen LogP) is 1.37. The average molecular weight is 336 g/mol. The van der Waals surface area contributed by atoms with Crippen LogP contribution in [0.2, 0.25) is 0 Å². The summed E-state index contributed by atoms with van der Waals surface area (Å²) in [7, 11) is 3.07. The van der Waals surface area contributed by atoms with Gasteiger partial charge in [-0.25, -0.2) is 0 Å². The molecule has 1 aliphatic rings. The van der Waals surface area contributed by atoms with E-state index in [4.69, 9.17) is 14.6 Å². The third-order valence-corrected chi connectivity index (χ3v) is 4.36. The van der Waals surface area contributed by atoms with E-state index in [1.807, 2.05) is 11.8 Å². The summed E-state index contributed by atoms with van der Waals surface area (Å²) >= 11 is 0. The Labute approximate surface area is 141 Å². The van der Waals surface area contributed by atoms with Crippen molar-refractivity contribution in [2.45, 2.75) is 31.8 Å². The van der Waals surface area contributed by atoms with Crippen LogP contribution in [0.15, 0.2) is 18.2 Å². The summed E-state index contributed by atoms with van der Waals surface area (Å²) in [5, 5.41) is 11.9. The maximum absolute atomic E-state index is 12.3. The molecule has 1 aliphatic carbocycles. The Hall–Kier alpha value is -2.28. The highest BCUT2D eigenvalue weighted by Crippen LogP contribution is 2.29. The van der Waals surface area contributed by atoms with Crippen molar-refractivity contribution in [2.75, 3.05) is 27.3 Å². The Bertz CT molecular complexity index is 599. The van der Waals surface area contributed by atoms with E-state index >= 15 is 0 Å². The van der Waals surface area contributed by atoms with Crippen molar-refractivity contribution in [1.29, 1.82) is 0 Å². The summed E-state index contributed by atoms with van der Waals surface area (Å²) < 4.78 is 10.4. The lowest BCUT2D eigenvalue weighted by atomic mass is 9.85. The lowest BCUT2D eigenvalue weighted by Gasteiger charge is -2.42. The van der Waals surface area contributed by atoms with E-state index in [0.29, 0.717) is 23.6 Å². The second-order valence-electron chi connectivity index (χ2n) is 5.82. The number of hydrogen-bond acceptors (Lipinski definition) is 5. The minimum Gasteiger partial charge on any atom is -0.493 e. The topological polar surface area (TPSA) is 88.1 Å². The minimum atomic E-state index is -0.824. The van der Waals surface area contributed by atoms with Gasteiger partial charge in [-0.15, -0.1) is 0 Å². The Kier molecular flexibility index (Phi) is 6.03. The van der Waals surface area contributed by atoms with Crippen molar-refractivity contribution < 1.29 is 24.2 Å². The molecule has 0 aliphatic heterocycles. The number of amides is 1. The number of nitrogens with one attached hydrogen (secondary N) is 1. The van der Waals surface area contributed by atoms with E-state index in [2.05, 4.69) is 5.32 Å². The van der Waals surface area contributed by atoms with Crippen LogP contribution in [0, 0.1) is 0 Å².